The Kier molecular flexibility index (Phi) is 2.97. The quantitative estimate of drug-likeness (QED) is 0.594. The van der Waals surface area contributed by atoms with Crippen LogP contribution in [0.15, 0.2) is 0 Å². The maximum Gasteiger partial charge on any atom is 0.126 e. The maximum absolute atomic E-state index is 9.07. The molecule has 0 aromatic heterocycles. The van der Waals surface area contributed by atoms with Gasteiger partial charge >= 0.3 is 0 Å². The summed E-state index contributed by atoms with van der Waals surface area (Å²) >= 11 is 1.38. The number of thioether (sulfide) groups is 1. The molecule has 0 radical (unpaired) electrons. The summed E-state index contributed by atoms with van der Waals surface area (Å²) in [5.41, 5.74) is -0.611. The number of ether oxygens (including phenoxy) is 1. The van der Waals surface area contributed by atoms with Crippen LogP contribution in [0.3, 0.4) is 0 Å². The van der Waals surface area contributed by atoms with Gasteiger partial charge in [0.2, 0.25) is 0 Å². The molecule has 3 atom stereocenters. The molecule has 1 aliphatic rings. The van der Waals surface area contributed by atoms with Crippen LogP contribution in [0, 0.1) is 0 Å². The van der Waals surface area contributed by atoms with E-state index in [1.165, 1.54) is 11.8 Å². The molecule has 0 saturated carbocycles. The third-order valence-electron chi connectivity index (χ3n) is 1.52. The average molecular weight is 164 g/mol. The van der Waals surface area contributed by atoms with Crippen molar-refractivity contribution in [2.45, 2.75) is 23.2 Å². The summed E-state index contributed by atoms with van der Waals surface area (Å²) in [6.07, 6.45) is 0.0739. The van der Waals surface area contributed by atoms with Crippen LogP contribution < -0.4 is 0 Å². The molecule has 1 saturated heterocycles. The minimum atomic E-state index is -0.611. The Morgan fingerprint density at radius 3 is 2.70 bits per heavy atom. The van der Waals surface area contributed by atoms with Crippen molar-refractivity contribution in [3.8, 4) is 0 Å². The molecule has 3 unspecified atom stereocenters. The Labute approximate surface area is 64.4 Å². The van der Waals surface area contributed by atoms with Gasteiger partial charge in [0.15, 0.2) is 0 Å². The molecule has 1 heterocycles. The molecule has 1 rings (SSSR count). The molecule has 2 N–H and O–H groups in total. The van der Waals surface area contributed by atoms with Crippen LogP contribution in [0.1, 0.15) is 6.42 Å². The minimum absolute atomic E-state index is 0.259. The monoisotopic (exact) mass is 164 g/mol. The van der Waals surface area contributed by atoms with Crippen molar-refractivity contribution in [3.05, 3.63) is 0 Å². The van der Waals surface area contributed by atoms with Gasteiger partial charge < -0.3 is 14.9 Å². The van der Waals surface area contributed by atoms with E-state index in [0.29, 0.717) is 13.0 Å². The van der Waals surface area contributed by atoms with Crippen LogP contribution in [-0.4, -0.2) is 40.7 Å². The number of rotatable bonds is 2. The molecule has 1 fully saturated rings. The van der Waals surface area contributed by atoms with Gasteiger partial charge in [-0.3, -0.25) is 0 Å². The van der Waals surface area contributed by atoms with Crippen LogP contribution in [0.5, 0.6) is 0 Å². The lowest BCUT2D eigenvalue weighted by atomic mass is 10.2. The second-order valence-electron chi connectivity index (χ2n) is 2.41. The lowest BCUT2D eigenvalue weighted by Gasteiger charge is -2.04. The Morgan fingerprint density at radius 2 is 2.30 bits per heavy atom. The average Bonchev–Trinajstić information content (AvgIpc) is 2.14. The highest BCUT2D eigenvalue weighted by Crippen LogP contribution is 2.32. The fourth-order valence-corrected chi connectivity index (χ4v) is 2.23. The van der Waals surface area contributed by atoms with E-state index in [9.17, 15) is 0 Å². The smallest absolute Gasteiger partial charge is 0.126 e. The molecular weight excluding hydrogens is 152 g/mol. The fourth-order valence-electron chi connectivity index (χ4n) is 1.02. The van der Waals surface area contributed by atoms with Crippen LogP contribution in [0.2, 0.25) is 0 Å². The Bertz CT molecular complexity index is 99.2. The minimum Gasteiger partial charge on any atom is -0.389 e. The zero-order chi connectivity index (χ0) is 7.56. The molecule has 0 aromatic carbocycles. The summed E-state index contributed by atoms with van der Waals surface area (Å²) in [5.74, 6) is 0. The molecule has 4 heteroatoms. The SMILES string of the molecule is COCC1CC(O)C(O)S1. The summed E-state index contributed by atoms with van der Waals surface area (Å²) in [5, 5.41) is 18.4. The van der Waals surface area contributed by atoms with Gasteiger partial charge in [0.25, 0.3) is 0 Å². The third kappa shape index (κ3) is 1.85. The Balaban J connectivity index is 2.27. The van der Waals surface area contributed by atoms with Crippen LogP contribution >= 0.6 is 11.8 Å². The van der Waals surface area contributed by atoms with Crippen LogP contribution in [0.4, 0.5) is 0 Å². The second-order valence-corrected chi connectivity index (χ2v) is 3.83. The molecule has 0 aliphatic carbocycles. The van der Waals surface area contributed by atoms with Gasteiger partial charge in [0, 0.05) is 12.4 Å². The maximum atomic E-state index is 9.07. The van der Waals surface area contributed by atoms with Crippen molar-refractivity contribution in [2.24, 2.45) is 0 Å². The predicted molar refractivity (Wildman–Crippen MR) is 39.9 cm³/mol. The van der Waals surface area contributed by atoms with Crippen molar-refractivity contribution < 1.29 is 14.9 Å². The second kappa shape index (κ2) is 3.57. The van der Waals surface area contributed by atoms with Crippen LogP contribution in [-0.2, 0) is 4.74 Å². The molecule has 60 valence electrons. The molecule has 0 aromatic rings. The van der Waals surface area contributed by atoms with Crippen molar-refractivity contribution in [3.63, 3.8) is 0 Å². The third-order valence-corrected chi connectivity index (χ3v) is 2.82. The fraction of sp³-hybridized carbons (Fsp3) is 1.00. The summed E-state index contributed by atoms with van der Waals surface area (Å²) in [6.45, 7) is 0.610. The van der Waals surface area contributed by atoms with E-state index in [2.05, 4.69) is 0 Å². The highest BCUT2D eigenvalue weighted by molar-refractivity contribution is 8.00. The van der Waals surface area contributed by atoms with Crippen molar-refractivity contribution in [2.75, 3.05) is 13.7 Å². The summed E-state index contributed by atoms with van der Waals surface area (Å²) in [4.78, 5) is 0. The zero-order valence-electron chi connectivity index (χ0n) is 5.86. The van der Waals surface area contributed by atoms with Crippen molar-refractivity contribution in [1.82, 2.24) is 0 Å². The number of aliphatic hydroxyl groups is 2. The molecule has 0 spiro atoms. The van der Waals surface area contributed by atoms with Gasteiger partial charge in [-0.2, -0.15) is 0 Å². The van der Waals surface area contributed by atoms with Gasteiger partial charge in [-0.15, -0.1) is 11.8 Å². The van der Waals surface area contributed by atoms with E-state index < -0.39 is 11.5 Å². The predicted octanol–water partition coefficient (Wildman–Crippen LogP) is -0.182. The lowest BCUT2D eigenvalue weighted by Crippen LogP contribution is -2.15. The molecule has 0 bridgehead atoms. The van der Waals surface area contributed by atoms with E-state index >= 15 is 0 Å². The van der Waals surface area contributed by atoms with Crippen LogP contribution in [0.25, 0.3) is 0 Å². The van der Waals surface area contributed by atoms with Gasteiger partial charge in [-0.1, -0.05) is 0 Å². The number of aliphatic hydroxyl groups excluding tert-OH is 2. The first-order valence-corrected chi connectivity index (χ1v) is 4.19. The van der Waals surface area contributed by atoms with E-state index in [1.807, 2.05) is 0 Å². The standard InChI is InChI=1S/C6H12O3S/c1-9-3-4-2-5(7)6(8)10-4/h4-8H,2-3H2,1H3. The first kappa shape index (κ1) is 8.33. The summed E-state index contributed by atoms with van der Waals surface area (Å²) < 4.78 is 4.88. The van der Waals surface area contributed by atoms with E-state index in [1.54, 1.807) is 7.11 Å². The highest BCUT2D eigenvalue weighted by atomic mass is 32.2. The molecular formula is C6H12O3S. The van der Waals surface area contributed by atoms with Gasteiger partial charge in [-0.25, -0.2) is 0 Å². The lowest BCUT2D eigenvalue weighted by molar-refractivity contribution is 0.0738. The molecule has 1 aliphatic heterocycles. The van der Waals surface area contributed by atoms with E-state index in [-0.39, 0.29) is 5.25 Å². The Morgan fingerprint density at radius 1 is 1.60 bits per heavy atom. The number of hydrogen-bond donors (Lipinski definition) is 2. The summed E-state index contributed by atoms with van der Waals surface area (Å²) in [6, 6.07) is 0. The molecule has 0 amide bonds. The van der Waals surface area contributed by atoms with E-state index in [0.717, 1.165) is 0 Å². The first-order valence-electron chi connectivity index (χ1n) is 3.24. The molecule has 3 nitrogen and oxygen atoms in total. The summed E-state index contributed by atoms with van der Waals surface area (Å²) in [7, 11) is 1.62. The topological polar surface area (TPSA) is 49.7 Å². The van der Waals surface area contributed by atoms with Gasteiger partial charge in [-0.05, 0) is 6.42 Å². The van der Waals surface area contributed by atoms with Gasteiger partial charge in [0.1, 0.15) is 5.44 Å². The normalized spacial score (nSPS) is 40.5. The van der Waals surface area contributed by atoms with E-state index in [4.69, 9.17) is 14.9 Å². The van der Waals surface area contributed by atoms with Gasteiger partial charge in [0.05, 0.1) is 12.7 Å². The highest BCUT2D eigenvalue weighted by Gasteiger charge is 2.31. The molecule has 10 heavy (non-hydrogen) atoms. The zero-order valence-corrected chi connectivity index (χ0v) is 6.67. The number of hydrogen-bond acceptors (Lipinski definition) is 4. The van der Waals surface area contributed by atoms with Crippen molar-refractivity contribution >= 4 is 11.8 Å². The first-order chi connectivity index (χ1) is 4.74. The van der Waals surface area contributed by atoms with Crippen molar-refractivity contribution in [1.29, 1.82) is 0 Å². The largest absolute Gasteiger partial charge is 0.389 e. The number of methoxy groups -OCH3 is 1. The Hall–Kier alpha value is 0.230.